The van der Waals surface area contributed by atoms with E-state index in [2.05, 4.69) is 45.1 Å². The number of pyridine rings is 1. The largest absolute Gasteiger partial charge is 0.206 e. The molecule has 0 fully saturated rings. The lowest BCUT2D eigenvalue weighted by molar-refractivity contribution is 0.941. The summed E-state index contributed by atoms with van der Waals surface area (Å²) in [4.78, 5) is 6.87. The van der Waals surface area contributed by atoms with Gasteiger partial charge >= 0.3 is 0 Å². The summed E-state index contributed by atoms with van der Waals surface area (Å²) >= 11 is 5.16. The third kappa shape index (κ3) is 1.56. The maximum atomic E-state index is 4.49. The van der Waals surface area contributed by atoms with Crippen LogP contribution in [-0.4, -0.2) is 14.6 Å². The van der Waals surface area contributed by atoms with Crippen LogP contribution in [0, 0.1) is 6.92 Å². The molecule has 0 saturated heterocycles. The molecule has 5 heteroatoms. The molecule has 16 heavy (non-hydrogen) atoms. The van der Waals surface area contributed by atoms with Crippen molar-refractivity contribution in [2.24, 2.45) is 0 Å². The van der Waals surface area contributed by atoms with Crippen LogP contribution in [0.1, 0.15) is 4.88 Å². The highest BCUT2D eigenvalue weighted by Gasteiger charge is 2.09. The van der Waals surface area contributed by atoms with Gasteiger partial charge in [0.25, 0.3) is 0 Å². The molecule has 0 atom stereocenters. The zero-order valence-corrected chi connectivity index (χ0v) is 10.9. The predicted octanol–water partition coefficient (Wildman–Crippen LogP) is 3.53. The number of nitrogens with zero attached hydrogens (tertiary/aromatic N) is 3. The first-order valence-corrected chi connectivity index (χ1v) is 6.43. The van der Waals surface area contributed by atoms with Crippen LogP contribution in [0.15, 0.2) is 34.9 Å². The molecular weight excluding hydrogens is 286 g/mol. The summed E-state index contributed by atoms with van der Waals surface area (Å²) < 4.78 is 2.71. The van der Waals surface area contributed by atoms with Gasteiger partial charge in [0.2, 0.25) is 0 Å². The molecule has 0 aliphatic carbocycles. The molecule has 3 heterocycles. The fourth-order valence-corrected chi connectivity index (χ4v) is 2.74. The van der Waals surface area contributed by atoms with Crippen LogP contribution >= 0.6 is 27.3 Å². The predicted molar refractivity (Wildman–Crippen MR) is 68.7 cm³/mol. The van der Waals surface area contributed by atoms with Gasteiger partial charge in [-0.05, 0) is 47.1 Å². The lowest BCUT2D eigenvalue weighted by Crippen LogP contribution is -1.87. The molecule has 80 valence electrons. The molecule has 0 bridgehead atoms. The first kappa shape index (κ1) is 9.99. The van der Waals surface area contributed by atoms with E-state index in [0.29, 0.717) is 0 Å². The second-order valence-electron chi connectivity index (χ2n) is 3.46. The summed E-state index contributed by atoms with van der Waals surface area (Å²) in [6.07, 6.45) is 0. The number of halogens is 1. The third-order valence-electron chi connectivity index (χ3n) is 2.27. The Kier molecular flexibility index (Phi) is 2.29. The second-order valence-corrected chi connectivity index (χ2v) is 5.56. The van der Waals surface area contributed by atoms with Crippen molar-refractivity contribution in [1.29, 1.82) is 0 Å². The van der Waals surface area contributed by atoms with Gasteiger partial charge in [-0.2, -0.15) is 0 Å². The van der Waals surface area contributed by atoms with Crippen LogP contribution in [0.5, 0.6) is 0 Å². The lowest BCUT2D eigenvalue weighted by atomic mass is 10.4. The SMILES string of the molecule is Cc1ccc(-c2nc3cccc(Br)n3n2)s1. The molecule has 0 saturated carbocycles. The highest BCUT2D eigenvalue weighted by molar-refractivity contribution is 9.10. The quantitative estimate of drug-likeness (QED) is 0.643. The normalized spacial score (nSPS) is 11.1. The minimum absolute atomic E-state index is 0.782. The number of rotatable bonds is 1. The molecule has 0 spiro atoms. The molecule has 3 nitrogen and oxygen atoms in total. The van der Waals surface area contributed by atoms with Crippen LogP contribution in [0.25, 0.3) is 16.3 Å². The molecule has 0 aliphatic rings. The van der Waals surface area contributed by atoms with Crippen molar-refractivity contribution in [3.05, 3.63) is 39.8 Å². The monoisotopic (exact) mass is 293 g/mol. The zero-order chi connectivity index (χ0) is 11.1. The Morgan fingerprint density at radius 3 is 2.81 bits per heavy atom. The van der Waals surface area contributed by atoms with Gasteiger partial charge in [0.05, 0.1) is 4.88 Å². The van der Waals surface area contributed by atoms with Gasteiger partial charge in [0.1, 0.15) is 4.60 Å². The number of thiophene rings is 1. The van der Waals surface area contributed by atoms with Gasteiger partial charge in [-0.1, -0.05) is 6.07 Å². The van der Waals surface area contributed by atoms with E-state index in [0.717, 1.165) is 21.0 Å². The third-order valence-corrected chi connectivity index (χ3v) is 3.87. The van der Waals surface area contributed by atoms with Crippen molar-refractivity contribution in [3.63, 3.8) is 0 Å². The van der Waals surface area contributed by atoms with E-state index in [1.165, 1.54) is 4.88 Å². The van der Waals surface area contributed by atoms with E-state index < -0.39 is 0 Å². The van der Waals surface area contributed by atoms with Crippen LogP contribution in [-0.2, 0) is 0 Å². The van der Waals surface area contributed by atoms with Gasteiger partial charge in [-0.25, -0.2) is 9.50 Å². The number of aryl methyl sites for hydroxylation is 1. The van der Waals surface area contributed by atoms with E-state index >= 15 is 0 Å². The molecule has 3 aromatic heterocycles. The molecule has 0 aromatic carbocycles. The smallest absolute Gasteiger partial charge is 0.192 e. The van der Waals surface area contributed by atoms with Gasteiger partial charge in [0, 0.05) is 4.88 Å². The van der Waals surface area contributed by atoms with Crippen LogP contribution in [0.2, 0.25) is 0 Å². The Bertz CT molecular complexity index is 656. The second kappa shape index (κ2) is 3.68. The molecule has 3 rings (SSSR count). The van der Waals surface area contributed by atoms with Crippen molar-refractivity contribution in [1.82, 2.24) is 14.6 Å². The molecule has 0 N–H and O–H groups in total. The van der Waals surface area contributed by atoms with Gasteiger partial charge in [0.15, 0.2) is 11.5 Å². The molecule has 0 unspecified atom stereocenters. The fourth-order valence-electron chi connectivity index (χ4n) is 1.53. The number of hydrogen-bond donors (Lipinski definition) is 0. The fraction of sp³-hybridized carbons (Fsp3) is 0.0909. The van der Waals surface area contributed by atoms with Gasteiger partial charge < -0.3 is 0 Å². The highest BCUT2D eigenvalue weighted by atomic mass is 79.9. The van der Waals surface area contributed by atoms with E-state index in [1.54, 1.807) is 15.9 Å². The van der Waals surface area contributed by atoms with Crippen molar-refractivity contribution in [2.45, 2.75) is 6.92 Å². The summed E-state index contributed by atoms with van der Waals surface area (Å²) in [5.41, 5.74) is 0.857. The van der Waals surface area contributed by atoms with Crippen molar-refractivity contribution in [3.8, 4) is 10.7 Å². The van der Waals surface area contributed by atoms with Gasteiger partial charge in [-0.3, -0.25) is 0 Å². The number of fused-ring (bicyclic) bond motifs is 1. The molecule has 0 radical (unpaired) electrons. The van der Waals surface area contributed by atoms with Gasteiger partial charge in [-0.15, -0.1) is 16.4 Å². The van der Waals surface area contributed by atoms with Crippen LogP contribution < -0.4 is 0 Å². The summed E-state index contributed by atoms with van der Waals surface area (Å²) in [6, 6.07) is 9.99. The lowest BCUT2D eigenvalue weighted by Gasteiger charge is -1.92. The Hall–Kier alpha value is -1.20. The summed E-state index contributed by atoms with van der Waals surface area (Å²) in [6.45, 7) is 2.08. The van der Waals surface area contributed by atoms with E-state index in [9.17, 15) is 0 Å². The molecule has 0 aliphatic heterocycles. The minimum Gasteiger partial charge on any atom is -0.206 e. The maximum Gasteiger partial charge on any atom is 0.192 e. The average Bonchev–Trinajstić information content (AvgIpc) is 2.84. The topological polar surface area (TPSA) is 30.2 Å². The molecular formula is C11H8BrN3S. The first-order chi connectivity index (χ1) is 7.74. The molecule has 3 aromatic rings. The zero-order valence-electron chi connectivity index (χ0n) is 8.51. The minimum atomic E-state index is 0.782. The number of hydrogen-bond acceptors (Lipinski definition) is 3. The average molecular weight is 294 g/mol. The highest BCUT2D eigenvalue weighted by Crippen LogP contribution is 2.25. The summed E-state index contributed by atoms with van der Waals surface area (Å²) in [7, 11) is 0. The van der Waals surface area contributed by atoms with Crippen molar-refractivity contribution < 1.29 is 0 Å². The van der Waals surface area contributed by atoms with Crippen LogP contribution in [0.4, 0.5) is 0 Å². The standard InChI is InChI=1S/C11H8BrN3S/c1-7-5-6-8(16-7)11-13-10-4-2-3-9(12)15(10)14-11/h2-6H,1H3. The van der Waals surface area contributed by atoms with E-state index in [-0.39, 0.29) is 0 Å². The van der Waals surface area contributed by atoms with Crippen molar-refractivity contribution in [2.75, 3.05) is 0 Å². The number of aromatic nitrogens is 3. The van der Waals surface area contributed by atoms with Crippen molar-refractivity contribution >= 4 is 32.9 Å². The van der Waals surface area contributed by atoms with E-state index in [4.69, 9.17) is 0 Å². The Labute approximate surface area is 105 Å². The Morgan fingerprint density at radius 1 is 1.25 bits per heavy atom. The first-order valence-electron chi connectivity index (χ1n) is 4.82. The summed E-state index contributed by atoms with van der Waals surface area (Å²) in [5.74, 6) is 0.782. The molecule has 0 amide bonds. The Balaban J connectivity index is 2.22. The van der Waals surface area contributed by atoms with E-state index in [1.807, 2.05) is 18.2 Å². The maximum absolute atomic E-state index is 4.49. The Morgan fingerprint density at radius 2 is 2.12 bits per heavy atom. The summed E-state index contributed by atoms with van der Waals surface area (Å²) in [5, 5.41) is 4.46. The van der Waals surface area contributed by atoms with Crippen LogP contribution in [0.3, 0.4) is 0 Å².